The summed E-state index contributed by atoms with van der Waals surface area (Å²) >= 11 is 0. The van der Waals surface area contributed by atoms with Crippen molar-refractivity contribution in [3.8, 4) is 5.75 Å². The first-order valence-corrected chi connectivity index (χ1v) is 8.66. The number of benzene rings is 1. The van der Waals surface area contributed by atoms with Gasteiger partial charge in [-0.25, -0.2) is 4.99 Å². The zero-order valence-electron chi connectivity index (χ0n) is 15.1. The number of carbonyl (C=O) groups is 1. The van der Waals surface area contributed by atoms with Crippen LogP contribution >= 0.6 is 24.0 Å². The first kappa shape index (κ1) is 21.5. The highest BCUT2D eigenvalue weighted by Crippen LogP contribution is 2.17. The summed E-state index contributed by atoms with van der Waals surface area (Å²) in [4.78, 5) is 18.7. The molecule has 1 fully saturated rings. The van der Waals surface area contributed by atoms with Crippen molar-refractivity contribution < 1.29 is 9.53 Å². The molecule has 0 spiro atoms. The summed E-state index contributed by atoms with van der Waals surface area (Å²) in [6.07, 6.45) is 3.43. The molecule has 2 rings (SSSR count). The number of methoxy groups -OCH3 is 1. The second-order valence-electron chi connectivity index (χ2n) is 5.80. The lowest BCUT2D eigenvalue weighted by molar-refractivity contribution is -0.130. The zero-order chi connectivity index (χ0) is 17.2. The average molecular weight is 460 g/mol. The molecular formula is C18H29IN4O2. The number of carbonyl (C=O) groups excluding carboxylic acids is 1. The second-order valence-corrected chi connectivity index (χ2v) is 5.80. The average Bonchev–Trinajstić information content (AvgIpc) is 2.64. The molecule has 0 saturated carbocycles. The van der Waals surface area contributed by atoms with Gasteiger partial charge in [-0.1, -0.05) is 18.2 Å². The van der Waals surface area contributed by atoms with Crippen LogP contribution in [-0.4, -0.2) is 50.1 Å². The normalized spacial score (nSPS) is 14.5. The lowest BCUT2D eigenvalue weighted by Crippen LogP contribution is -2.46. The summed E-state index contributed by atoms with van der Waals surface area (Å²) in [6, 6.07) is 7.82. The van der Waals surface area contributed by atoms with Crippen molar-refractivity contribution in [2.24, 2.45) is 4.99 Å². The van der Waals surface area contributed by atoms with Gasteiger partial charge in [0.1, 0.15) is 5.75 Å². The van der Waals surface area contributed by atoms with Crippen molar-refractivity contribution in [2.45, 2.75) is 32.7 Å². The molecule has 0 aliphatic carbocycles. The molecule has 1 aliphatic rings. The van der Waals surface area contributed by atoms with E-state index in [1.807, 2.05) is 36.1 Å². The third kappa shape index (κ3) is 7.09. The topological polar surface area (TPSA) is 66.0 Å². The SMILES string of the molecule is CCNC(=NCc1ccccc1OC)NCC(=O)N1CCCCC1.I. The molecule has 1 saturated heterocycles. The van der Waals surface area contributed by atoms with Gasteiger partial charge >= 0.3 is 0 Å². The number of hydrogen-bond donors (Lipinski definition) is 2. The van der Waals surface area contributed by atoms with Crippen LogP contribution in [0.4, 0.5) is 0 Å². The van der Waals surface area contributed by atoms with Gasteiger partial charge in [-0.05, 0) is 32.3 Å². The van der Waals surface area contributed by atoms with Crippen LogP contribution in [0.2, 0.25) is 0 Å². The van der Waals surface area contributed by atoms with E-state index in [2.05, 4.69) is 15.6 Å². The minimum atomic E-state index is 0. The number of halogens is 1. The summed E-state index contributed by atoms with van der Waals surface area (Å²) in [6.45, 7) is 5.27. The van der Waals surface area contributed by atoms with E-state index in [4.69, 9.17) is 4.74 Å². The van der Waals surface area contributed by atoms with Crippen molar-refractivity contribution in [3.05, 3.63) is 29.8 Å². The number of guanidine groups is 1. The molecule has 1 amide bonds. The lowest BCUT2D eigenvalue weighted by Gasteiger charge is -2.27. The molecule has 0 atom stereocenters. The molecule has 2 N–H and O–H groups in total. The van der Waals surface area contributed by atoms with Crippen LogP contribution in [-0.2, 0) is 11.3 Å². The van der Waals surface area contributed by atoms with Crippen LogP contribution in [0.3, 0.4) is 0 Å². The third-order valence-corrected chi connectivity index (χ3v) is 4.06. The minimum absolute atomic E-state index is 0. The molecule has 1 heterocycles. The number of piperidine rings is 1. The Balaban J connectivity index is 0.00000312. The predicted octanol–water partition coefficient (Wildman–Crippen LogP) is 2.38. The van der Waals surface area contributed by atoms with Gasteiger partial charge in [-0.15, -0.1) is 24.0 Å². The van der Waals surface area contributed by atoms with Gasteiger partial charge in [0.2, 0.25) is 5.91 Å². The molecule has 1 aromatic rings. The Labute approximate surface area is 167 Å². The maximum Gasteiger partial charge on any atom is 0.241 e. The van der Waals surface area contributed by atoms with Crippen molar-refractivity contribution in [3.63, 3.8) is 0 Å². The maximum absolute atomic E-state index is 12.2. The Kier molecular flexibility index (Phi) is 10.3. The molecule has 0 bridgehead atoms. The third-order valence-electron chi connectivity index (χ3n) is 4.06. The molecule has 1 aliphatic heterocycles. The molecule has 0 radical (unpaired) electrons. The molecule has 0 aromatic heterocycles. The lowest BCUT2D eigenvalue weighted by atomic mass is 10.1. The number of likely N-dealkylation sites (tertiary alicyclic amines) is 1. The van der Waals surface area contributed by atoms with E-state index in [0.717, 1.165) is 43.8 Å². The van der Waals surface area contributed by atoms with Crippen LogP contribution in [0.1, 0.15) is 31.7 Å². The van der Waals surface area contributed by atoms with Gasteiger partial charge in [0.15, 0.2) is 5.96 Å². The summed E-state index contributed by atoms with van der Waals surface area (Å²) in [7, 11) is 1.66. The van der Waals surface area contributed by atoms with E-state index in [1.165, 1.54) is 6.42 Å². The molecule has 140 valence electrons. The molecule has 6 nitrogen and oxygen atoms in total. The van der Waals surface area contributed by atoms with Gasteiger partial charge in [-0.3, -0.25) is 4.79 Å². The molecule has 0 unspecified atom stereocenters. The Morgan fingerprint density at radius 1 is 1.20 bits per heavy atom. The maximum atomic E-state index is 12.2. The van der Waals surface area contributed by atoms with Crippen LogP contribution < -0.4 is 15.4 Å². The number of nitrogens with zero attached hydrogens (tertiary/aromatic N) is 2. The van der Waals surface area contributed by atoms with E-state index in [1.54, 1.807) is 7.11 Å². The number of amides is 1. The highest BCUT2D eigenvalue weighted by atomic mass is 127. The van der Waals surface area contributed by atoms with Crippen molar-refractivity contribution >= 4 is 35.8 Å². The number of hydrogen-bond acceptors (Lipinski definition) is 3. The molecule has 1 aromatic carbocycles. The minimum Gasteiger partial charge on any atom is -0.496 e. The first-order valence-electron chi connectivity index (χ1n) is 8.66. The Morgan fingerprint density at radius 3 is 2.60 bits per heavy atom. The van der Waals surface area contributed by atoms with E-state index in [9.17, 15) is 4.79 Å². The van der Waals surface area contributed by atoms with E-state index in [-0.39, 0.29) is 36.4 Å². The monoisotopic (exact) mass is 460 g/mol. The number of rotatable bonds is 6. The fourth-order valence-electron chi connectivity index (χ4n) is 2.75. The van der Waals surface area contributed by atoms with Gasteiger partial charge in [0, 0.05) is 25.2 Å². The fraction of sp³-hybridized carbons (Fsp3) is 0.556. The first-order chi connectivity index (χ1) is 11.7. The van der Waals surface area contributed by atoms with Gasteiger partial charge in [-0.2, -0.15) is 0 Å². The standard InChI is InChI=1S/C18H28N4O2.HI/c1-3-19-18(20-13-15-9-5-6-10-16(15)24-2)21-14-17(23)22-11-7-4-8-12-22;/h5-6,9-10H,3-4,7-8,11-14H2,1-2H3,(H2,19,20,21);1H. The fourth-order valence-corrected chi connectivity index (χ4v) is 2.75. The van der Waals surface area contributed by atoms with Crippen molar-refractivity contribution in [1.82, 2.24) is 15.5 Å². The number of nitrogens with one attached hydrogen (secondary N) is 2. The smallest absolute Gasteiger partial charge is 0.241 e. The van der Waals surface area contributed by atoms with Crippen molar-refractivity contribution in [2.75, 3.05) is 33.3 Å². The highest BCUT2D eigenvalue weighted by molar-refractivity contribution is 14.0. The highest BCUT2D eigenvalue weighted by Gasteiger charge is 2.16. The largest absolute Gasteiger partial charge is 0.496 e. The molecule has 25 heavy (non-hydrogen) atoms. The summed E-state index contributed by atoms with van der Waals surface area (Å²) in [5.41, 5.74) is 1.01. The summed E-state index contributed by atoms with van der Waals surface area (Å²) < 4.78 is 5.34. The number of para-hydroxylation sites is 1. The van der Waals surface area contributed by atoms with Gasteiger partial charge in [0.25, 0.3) is 0 Å². The predicted molar refractivity (Wildman–Crippen MR) is 112 cm³/mol. The van der Waals surface area contributed by atoms with Gasteiger partial charge in [0.05, 0.1) is 20.2 Å². The van der Waals surface area contributed by atoms with Crippen LogP contribution in [0.15, 0.2) is 29.3 Å². The second kappa shape index (κ2) is 11.9. The zero-order valence-corrected chi connectivity index (χ0v) is 17.4. The molecule has 7 heteroatoms. The Hall–Kier alpha value is -1.51. The number of aliphatic imine (C=N–C) groups is 1. The van der Waals surface area contributed by atoms with E-state index < -0.39 is 0 Å². The number of ether oxygens (including phenoxy) is 1. The Morgan fingerprint density at radius 2 is 1.92 bits per heavy atom. The van der Waals surface area contributed by atoms with Crippen molar-refractivity contribution in [1.29, 1.82) is 0 Å². The van der Waals surface area contributed by atoms with Gasteiger partial charge < -0.3 is 20.3 Å². The van der Waals surface area contributed by atoms with Crippen LogP contribution in [0.25, 0.3) is 0 Å². The summed E-state index contributed by atoms with van der Waals surface area (Å²) in [5, 5.41) is 6.31. The quantitative estimate of drug-likeness (QED) is 0.389. The van der Waals surface area contributed by atoms with E-state index in [0.29, 0.717) is 12.5 Å². The molecular weight excluding hydrogens is 431 g/mol. The van der Waals surface area contributed by atoms with Crippen LogP contribution in [0.5, 0.6) is 5.75 Å². The van der Waals surface area contributed by atoms with Crippen LogP contribution in [0, 0.1) is 0 Å². The van der Waals surface area contributed by atoms with E-state index >= 15 is 0 Å². The summed E-state index contributed by atoms with van der Waals surface area (Å²) in [5.74, 6) is 1.60. The Bertz CT molecular complexity index is 560.